The van der Waals surface area contributed by atoms with E-state index in [1.165, 1.54) is 0 Å². The molecule has 0 amide bonds. The summed E-state index contributed by atoms with van der Waals surface area (Å²) in [6.07, 6.45) is 12.6. The van der Waals surface area contributed by atoms with Gasteiger partial charge in [-0.05, 0) is 117 Å². The van der Waals surface area contributed by atoms with Gasteiger partial charge >= 0.3 is 11.9 Å². The molecule has 0 saturated carbocycles. The number of anilines is 1. The van der Waals surface area contributed by atoms with Gasteiger partial charge < -0.3 is 26.1 Å². The zero-order valence-electron chi connectivity index (χ0n) is 29.6. The fraction of sp³-hybridized carbons (Fsp3) is 0.225. The number of fused-ring (bicyclic) bond motifs is 5. The van der Waals surface area contributed by atoms with Crippen LogP contribution in [0.2, 0.25) is 10.0 Å². The van der Waals surface area contributed by atoms with Crippen LogP contribution < -0.4 is 16.2 Å². The van der Waals surface area contributed by atoms with Crippen molar-refractivity contribution in [2.24, 2.45) is 15.0 Å². The van der Waals surface area contributed by atoms with Crippen molar-refractivity contribution in [3.8, 4) is 0 Å². The zero-order chi connectivity index (χ0) is 38.2. The van der Waals surface area contributed by atoms with E-state index in [2.05, 4.69) is 22.7 Å². The van der Waals surface area contributed by atoms with E-state index in [1.54, 1.807) is 55.6 Å². The summed E-state index contributed by atoms with van der Waals surface area (Å²) in [5.74, 6) is -1.88. The lowest BCUT2D eigenvalue weighted by Crippen LogP contribution is -2.29. The number of rotatable bonds is 11. The number of hydrazine groups is 1. The standard InChI is InChI=1S/C40H38Cl2N6O5/c1-6-24-20(2)30-16-31-21(3)25(8-11-38(49)50)33(44-31)18-34-26(9-12-39(51)52)22(4)32(45-34)17-36-27(40(5,53)37(47-36)19-35(24)46-30)13-14-43-48-29-10-7-23(41)15-28(29)42/h6-7,10,13-19,43,47-48,53H,1,8-9,11-12H2,2-5H3,(H,49,50)(H,51,52)/b14-13+,30-16?,32-17?,33-18?,37-19?. The van der Waals surface area contributed by atoms with Crippen LogP contribution in [-0.4, -0.2) is 50.0 Å². The number of aliphatic imine (C=N–C) groups is 3. The molecule has 0 fully saturated rings. The summed E-state index contributed by atoms with van der Waals surface area (Å²) in [4.78, 5) is 38.2. The SMILES string of the molecule is C=CC1=C(C)C2=CC3=NC(=CC4=NC(=CC5=C(/C=C/NNc6ccc(Cl)cc6Cl)C(C)(O)C(=CC1=N2)N5)C(C)=C4CCC(=O)O)C(CCC(=O)O)=C3C. The minimum Gasteiger partial charge on any atom is -0.481 e. The van der Waals surface area contributed by atoms with Gasteiger partial charge in [-0.1, -0.05) is 35.9 Å². The second-order valence-corrected chi connectivity index (χ2v) is 14.0. The van der Waals surface area contributed by atoms with Crippen LogP contribution in [-0.2, 0) is 9.59 Å². The van der Waals surface area contributed by atoms with E-state index in [4.69, 9.17) is 38.2 Å². The summed E-state index contributed by atoms with van der Waals surface area (Å²) >= 11 is 12.4. The number of allylic oxidation sites excluding steroid dienone is 11. The number of carboxylic acid groups (broad SMARTS) is 2. The molecule has 53 heavy (non-hydrogen) atoms. The third kappa shape index (κ3) is 7.54. The molecular weight excluding hydrogens is 715 g/mol. The Hall–Kier alpha value is -5.49. The van der Waals surface area contributed by atoms with Crippen molar-refractivity contribution in [3.05, 3.63) is 145 Å². The highest BCUT2D eigenvalue weighted by Crippen LogP contribution is 2.40. The van der Waals surface area contributed by atoms with Gasteiger partial charge in [-0.25, -0.2) is 15.0 Å². The minimum absolute atomic E-state index is 0.0929. The highest BCUT2D eigenvalue weighted by molar-refractivity contribution is 6.36. The smallest absolute Gasteiger partial charge is 0.303 e. The molecular formula is C40H38Cl2N6O5. The number of benzene rings is 1. The van der Waals surface area contributed by atoms with Gasteiger partial charge in [0.05, 0.1) is 50.6 Å². The number of hydrogen-bond acceptors (Lipinski definition) is 9. The number of aliphatic carboxylic acids is 2. The number of hydrogen-bond donors (Lipinski definition) is 6. The van der Waals surface area contributed by atoms with Crippen molar-refractivity contribution in [1.29, 1.82) is 0 Å². The molecule has 5 aliphatic rings. The first-order valence-corrected chi connectivity index (χ1v) is 17.6. The molecule has 0 radical (unpaired) electrons. The molecule has 5 heterocycles. The average Bonchev–Trinajstić information content (AvgIpc) is 3.73. The lowest BCUT2D eigenvalue weighted by molar-refractivity contribution is -0.137. The third-order valence-corrected chi connectivity index (χ3v) is 10.2. The topological polar surface area (TPSA) is 168 Å². The van der Waals surface area contributed by atoms with Gasteiger partial charge in [0.2, 0.25) is 0 Å². The van der Waals surface area contributed by atoms with Gasteiger partial charge in [0.1, 0.15) is 5.60 Å². The summed E-state index contributed by atoms with van der Waals surface area (Å²) in [6.45, 7) is 11.4. The lowest BCUT2D eigenvalue weighted by Gasteiger charge is -2.21. The maximum absolute atomic E-state index is 12.2. The molecule has 5 aliphatic heterocycles. The molecule has 1 aromatic carbocycles. The van der Waals surface area contributed by atoms with Crippen molar-refractivity contribution in [2.75, 3.05) is 5.43 Å². The first kappa shape index (κ1) is 37.3. The molecule has 0 spiro atoms. The predicted molar refractivity (Wildman–Crippen MR) is 210 cm³/mol. The van der Waals surface area contributed by atoms with E-state index in [-0.39, 0.29) is 25.7 Å². The van der Waals surface area contributed by atoms with Crippen LogP contribution in [0.15, 0.2) is 150 Å². The molecule has 272 valence electrons. The van der Waals surface area contributed by atoms with Gasteiger partial charge in [0.25, 0.3) is 0 Å². The van der Waals surface area contributed by atoms with E-state index >= 15 is 0 Å². The van der Waals surface area contributed by atoms with Gasteiger partial charge in [-0.15, -0.1) is 0 Å². The number of carboxylic acids is 2. The van der Waals surface area contributed by atoms with Crippen LogP contribution in [0.4, 0.5) is 5.69 Å². The highest BCUT2D eigenvalue weighted by atomic mass is 35.5. The predicted octanol–water partition coefficient (Wildman–Crippen LogP) is 7.81. The van der Waals surface area contributed by atoms with E-state index in [9.17, 15) is 24.9 Å². The van der Waals surface area contributed by atoms with Gasteiger partial charge in [0.15, 0.2) is 0 Å². The summed E-state index contributed by atoms with van der Waals surface area (Å²) in [5, 5.41) is 35.6. The Morgan fingerprint density at radius 1 is 0.868 bits per heavy atom. The monoisotopic (exact) mass is 752 g/mol. The zero-order valence-corrected chi connectivity index (χ0v) is 31.1. The van der Waals surface area contributed by atoms with E-state index < -0.39 is 17.5 Å². The third-order valence-electron chi connectivity index (χ3n) is 9.65. The second kappa shape index (κ2) is 14.9. The summed E-state index contributed by atoms with van der Waals surface area (Å²) in [7, 11) is 0. The fourth-order valence-electron chi connectivity index (χ4n) is 6.63. The van der Waals surface area contributed by atoms with Crippen molar-refractivity contribution in [2.45, 2.75) is 59.0 Å². The fourth-order valence-corrected chi connectivity index (χ4v) is 7.09. The van der Waals surface area contributed by atoms with Gasteiger partial charge in [-0.3, -0.25) is 15.0 Å². The Morgan fingerprint density at radius 3 is 2.19 bits per heavy atom. The maximum Gasteiger partial charge on any atom is 0.303 e. The highest BCUT2D eigenvalue weighted by Gasteiger charge is 2.39. The Kier molecular flexibility index (Phi) is 10.5. The number of nitrogens with zero attached hydrogens (tertiary/aromatic N) is 3. The first-order chi connectivity index (χ1) is 25.2. The molecule has 1 aromatic rings. The Labute approximate surface area is 317 Å². The van der Waals surface area contributed by atoms with E-state index in [0.717, 1.165) is 33.4 Å². The Balaban J connectivity index is 1.53. The first-order valence-electron chi connectivity index (χ1n) is 16.9. The van der Waals surface area contributed by atoms with Gasteiger partial charge in [-0.2, -0.15) is 0 Å². The molecule has 6 N–H and O–H groups in total. The molecule has 0 aromatic heterocycles. The van der Waals surface area contributed by atoms with Crippen molar-refractivity contribution in [1.82, 2.24) is 10.7 Å². The largest absolute Gasteiger partial charge is 0.481 e. The van der Waals surface area contributed by atoms with Crippen LogP contribution in [0.25, 0.3) is 0 Å². The van der Waals surface area contributed by atoms with Crippen molar-refractivity contribution < 1.29 is 24.9 Å². The van der Waals surface area contributed by atoms with Crippen molar-refractivity contribution in [3.63, 3.8) is 0 Å². The lowest BCUT2D eigenvalue weighted by atomic mass is 9.92. The molecule has 8 bridgehead atoms. The number of nitrogens with one attached hydrogen (secondary N) is 3. The van der Waals surface area contributed by atoms with Crippen LogP contribution in [0.3, 0.4) is 0 Å². The van der Waals surface area contributed by atoms with E-state index in [0.29, 0.717) is 66.9 Å². The van der Waals surface area contributed by atoms with Crippen LogP contribution >= 0.6 is 23.2 Å². The van der Waals surface area contributed by atoms with Crippen LogP contribution in [0.1, 0.15) is 53.4 Å². The molecule has 0 aliphatic carbocycles. The normalized spacial score (nSPS) is 20.9. The molecule has 1 unspecified atom stereocenters. The molecule has 13 heteroatoms. The van der Waals surface area contributed by atoms with Crippen LogP contribution in [0, 0.1) is 0 Å². The Morgan fingerprint density at radius 2 is 1.51 bits per heavy atom. The average molecular weight is 754 g/mol. The van der Waals surface area contributed by atoms with Gasteiger partial charge in [0, 0.05) is 40.9 Å². The number of halogens is 2. The summed E-state index contributed by atoms with van der Waals surface area (Å²) in [5.41, 5.74) is 14.9. The molecule has 1 atom stereocenters. The molecule has 0 saturated heterocycles. The summed E-state index contributed by atoms with van der Waals surface area (Å²) < 4.78 is 0. The maximum atomic E-state index is 12.2. The molecule has 11 nitrogen and oxygen atoms in total. The van der Waals surface area contributed by atoms with Crippen molar-refractivity contribution >= 4 is 58.0 Å². The summed E-state index contributed by atoms with van der Waals surface area (Å²) in [6, 6.07) is 5.05. The minimum atomic E-state index is -1.52. The van der Waals surface area contributed by atoms with E-state index in [1.807, 2.05) is 32.9 Å². The molecule has 6 rings (SSSR count). The number of carbonyl (C=O) groups is 2. The van der Waals surface area contributed by atoms with Crippen LogP contribution in [0.5, 0.6) is 0 Å². The Bertz CT molecular complexity index is 2260. The second-order valence-electron chi connectivity index (χ2n) is 13.1. The quantitative estimate of drug-likeness (QED) is 0.124. The number of aliphatic hydroxyl groups is 1.